The lowest BCUT2D eigenvalue weighted by molar-refractivity contribution is 0.0951. The summed E-state index contributed by atoms with van der Waals surface area (Å²) in [6.07, 6.45) is 2.80. The van der Waals surface area contributed by atoms with Crippen molar-refractivity contribution in [2.24, 2.45) is 5.92 Å². The van der Waals surface area contributed by atoms with Gasteiger partial charge < -0.3 is 10.6 Å². The number of pyridine rings is 1. The molecule has 1 atom stereocenters. The maximum absolute atomic E-state index is 11.6. The van der Waals surface area contributed by atoms with Gasteiger partial charge in [-0.05, 0) is 25.0 Å². The molecule has 1 aromatic heterocycles. The normalized spacial score (nSPS) is 11.9. The quantitative estimate of drug-likeness (QED) is 0.795. The molecule has 0 aliphatic heterocycles. The molecule has 0 fully saturated rings. The molecule has 1 aromatic rings. The van der Waals surface area contributed by atoms with E-state index in [4.69, 9.17) is 0 Å². The third kappa shape index (κ3) is 4.43. The summed E-state index contributed by atoms with van der Waals surface area (Å²) in [4.78, 5) is 15.6. The van der Waals surface area contributed by atoms with Crippen LogP contribution in [0.15, 0.2) is 18.3 Å². The van der Waals surface area contributed by atoms with Gasteiger partial charge in [-0.1, -0.05) is 20.3 Å². The molecule has 0 radical (unpaired) electrons. The van der Waals surface area contributed by atoms with Gasteiger partial charge in [0.1, 0.15) is 5.69 Å². The van der Waals surface area contributed by atoms with Crippen molar-refractivity contribution in [3.05, 3.63) is 24.0 Å². The lowest BCUT2D eigenvalue weighted by atomic mass is 10.1. The summed E-state index contributed by atoms with van der Waals surface area (Å²) in [6.45, 7) is 7.78. The van der Waals surface area contributed by atoms with E-state index in [0.29, 0.717) is 18.2 Å². The van der Waals surface area contributed by atoms with Crippen LogP contribution in [0.5, 0.6) is 0 Å². The fourth-order valence-electron chi connectivity index (χ4n) is 1.35. The highest BCUT2D eigenvalue weighted by Gasteiger charge is 2.06. The van der Waals surface area contributed by atoms with Gasteiger partial charge in [-0.15, -0.1) is 0 Å². The van der Waals surface area contributed by atoms with Gasteiger partial charge in [0.05, 0.1) is 0 Å². The molecule has 4 nitrogen and oxygen atoms in total. The zero-order chi connectivity index (χ0) is 12.7. The number of aromatic nitrogens is 1. The minimum atomic E-state index is -0.125. The van der Waals surface area contributed by atoms with Gasteiger partial charge in [0, 0.05) is 25.0 Å². The molecular formula is C13H21N3O. The van der Waals surface area contributed by atoms with Crippen molar-refractivity contribution in [1.29, 1.82) is 0 Å². The van der Waals surface area contributed by atoms with Gasteiger partial charge in [-0.25, -0.2) is 0 Å². The summed E-state index contributed by atoms with van der Waals surface area (Å²) in [7, 11) is 0. The number of hydrogen-bond donors (Lipinski definition) is 2. The highest BCUT2D eigenvalue weighted by Crippen LogP contribution is 2.10. The molecule has 4 heteroatoms. The van der Waals surface area contributed by atoms with E-state index < -0.39 is 0 Å². The number of hydrogen-bond acceptors (Lipinski definition) is 3. The highest BCUT2D eigenvalue weighted by molar-refractivity contribution is 5.93. The van der Waals surface area contributed by atoms with E-state index in [1.54, 1.807) is 12.3 Å². The summed E-state index contributed by atoms with van der Waals surface area (Å²) < 4.78 is 0. The second-order valence-corrected chi connectivity index (χ2v) is 4.18. The van der Waals surface area contributed by atoms with Crippen LogP contribution in [0, 0.1) is 5.92 Å². The van der Waals surface area contributed by atoms with Gasteiger partial charge in [0.25, 0.3) is 5.91 Å². The minimum absolute atomic E-state index is 0.125. The Morgan fingerprint density at radius 1 is 1.47 bits per heavy atom. The van der Waals surface area contributed by atoms with Crippen LogP contribution in [0.4, 0.5) is 5.69 Å². The fraction of sp³-hybridized carbons (Fsp3) is 0.538. The second-order valence-electron chi connectivity index (χ2n) is 4.18. The van der Waals surface area contributed by atoms with Crippen molar-refractivity contribution in [3.63, 3.8) is 0 Å². The molecule has 0 bridgehead atoms. The molecule has 17 heavy (non-hydrogen) atoms. The van der Waals surface area contributed by atoms with Crippen LogP contribution in [-0.2, 0) is 0 Å². The lowest BCUT2D eigenvalue weighted by Crippen LogP contribution is -2.23. The topological polar surface area (TPSA) is 54.0 Å². The molecule has 94 valence electrons. The van der Waals surface area contributed by atoms with Gasteiger partial charge >= 0.3 is 0 Å². The zero-order valence-electron chi connectivity index (χ0n) is 10.8. The Labute approximate surface area is 103 Å². The standard InChI is InChI=1S/C13H21N3O/c1-4-10(3)9-16-11-6-7-15-12(8-11)13(17)14-5-2/h6-8,10H,4-5,9H2,1-3H3,(H,14,17)(H,15,16). The summed E-state index contributed by atoms with van der Waals surface area (Å²) in [5, 5.41) is 6.05. The monoisotopic (exact) mass is 235 g/mol. The van der Waals surface area contributed by atoms with Crippen molar-refractivity contribution in [3.8, 4) is 0 Å². The molecule has 0 spiro atoms. The molecule has 1 amide bonds. The third-order valence-corrected chi connectivity index (χ3v) is 2.68. The summed E-state index contributed by atoms with van der Waals surface area (Å²) in [5.41, 5.74) is 1.41. The van der Waals surface area contributed by atoms with Gasteiger partial charge in [-0.2, -0.15) is 0 Å². The van der Waals surface area contributed by atoms with E-state index in [2.05, 4.69) is 29.5 Å². The average molecular weight is 235 g/mol. The van der Waals surface area contributed by atoms with Crippen molar-refractivity contribution in [2.45, 2.75) is 27.2 Å². The second kappa shape index (κ2) is 6.89. The van der Waals surface area contributed by atoms with E-state index in [1.807, 2.05) is 13.0 Å². The maximum atomic E-state index is 11.6. The molecule has 1 rings (SSSR count). The largest absolute Gasteiger partial charge is 0.385 e. The first kappa shape index (κ1) is 13.5. The average Bonchev–Trinajstić information content (AvgIpc) is 2.36. The Hall–Kier alpha value is -1.58. The summed E-state index contributed by atoms with van der Waals surface area (Å²) >= 11 is 0. The first-order chi connectivity index (χ1) is 8.17. The predicted octanol–water partition coefficient (Wildman–Crippen LogP) is 2.29. The first-order valence-corrected chi connectivity index (χ1v) is 6.15. The van der Waals surface area contributed by atoms with Crippen LogP contribution < -0.4 is 10.6 Å². The SMILES string of the molecule is CCNC(=O)c1cc(NCC(C)CC)ccn1. The van der Waals surface area contributed by atoms with E-state index in [-0.39, 0.29) is 5.91 Å². The molecule has 2 N–H and O–H groups in total. The number of carbonyl (C=O) groups is 1. The van der Waals surface area contributed by atoms with Crippen LogP contribution in [0.3, 0.4) is 0 Å². The molecule has 0 saturated carbocycles. The zero-order valence-corrected chi connectivity index (χ0v) is 10.8. The van der Waals surface area contributed by atoms with Crippen LogP contribution in [0.1, 0.15) is 37.7 Å². The number of nitrogens with one attached hydrogen (secondary N) is 2. The summed E-state index contributed by atoms with van der Waals surface area (Å²) in [5.74, 6) is 0.496. The Morgan fingerprint density at radius 2 is 2.24 bits per heavy atom. The smallest absolute Gasteiger partial charge is 0.269 e. The van der Waals surface area contributed by atoms with Crippen molar-refractivity contribution < 1.29 is 4.79 Å². The van der Waals surface area contributed by atoms with Crippen LogP contribution in [0.25, 0.3) is 0 Å². The first-order valence-electron chi connectivity index (χ1n) is 6.15. The Balaban J connectivity index is 2.62. The molecule has 0 saturated heterocycles. The molecular weight excluding hydrogens is 214 g/mol. The molecule has 1 unspecified atom stereocenters. The number of amides is 1. The van der Waals surface area contributed by atoms with Crippen LogP contribution >= 0.6 is 0 Å². The number of nitrogens with zero attached hydrogens (tertiary/aromatic N) is 1. The molecule has 0 aliphatic rings. The van der Waals surface area contributed by atoms with E-state index >= 15 is 0 Å². The Kier molecular flexibility index (Phi) is 5.46. The van der Waals surface area contributed by atoms with Gasteiger partial charge in [-0.3, -0.25) is 9.78 Å². The predicted molar refractivity (Wildman–Crippen MR) is 70.2 cm³/mol. The Bertz CT molecular complexity index is 365. The Morgan fingerprint density at radius 3 is 2.88 bits per heavy atom. The minimum Gasteiger partial charge on any atom is -0.385 e. The van der Waals surface area contributed by atoms with Gasteiger partial charge in [0.15, 0.2) is 0 Å². The third-order valence-electron chi connectivity index (χ3n) is 2.68. The molecule has 1 heterocycles. The van der Waals surface area contributed by atoms with Crippen molar-refractivity contribution >= 4 is 11.6 Å². The fourth-order valence-corrected chi connectivity index (χ4v) is 1.35. The number of anilines is 1. The van der Waals surface area contributed by atoms with E-state index in [1.165, 1.54) is 0 Å². The van der Waals surface area contributed by atoms with Crippen molar-refractivity contribution in [1.82, 2.24) is 10.3 Å². The van der Waals surface area contributed by atoms with Crippen LogP contribution in [-0.4, -0.2) is 24.0 Å². The van der Waals surface area contributed by atoms with Gasteiger partial charge in [0.2, 0.25) is 0 Å². The van der Waals surface area contributed by atoms with Crippen molar-refractivity contribution in [2.75, 3.05) is 18.4 Å². The molecule has 0 aromatic carbocycles. The summed E-state index contributed by atoms with van der Waals surface area (Å²) in [6, 6.07) is 3.67. The van der Waals surface area contributed by atoms with E-state index in [0.717, 1.165) is 18.7 Å². The lowest BCUT2D eigenvalue weighted by Gasteiger charge is -2.11. The van der Waals surface area contributed by atoms with E-state index in [9.17, 15) is 4.79 Å². The maximum Gasteiger partial charge on any atom is 0.269 e. The molecule has 0 aliphatic carbocycles. The number of carbonyl (C=O) groups excluding carboxylic acids is 1. The van der Waals surface area contributed by atoms with Crippen LogP contribution in [0.2, 0.25) is 0 Å². The highest BCUT2D eigenvalue weighted by atomic mass is 16.1. The number of rotatable bonds is 6.